The van der Waals surface area contributed by atoms with Crippen LogP contribution in [-0.4, -0.2) is 37.5 Å². The lowest BCUT2D eigenvalue weighted by Gasteiger charge is -2.22. The van der Waals surface area contributed by atoms with E-state index >= 15 is 0 Å². The lowest BCUT2D eigenvalue weighted by atomic mass is 10.2. The molecule has 1 heterocycles. The molecule has 0 bridgehead atoms. The molecule has 0 aromatic rings. The van der Waals surface area contributed by atoms with Crippen molar-refractivity contribution in [2.75, 3.05) is 26.7 Å². The van der Waals surface area contributed by atoms with E-state index in [1.165, 1.54) is 0 Å². The standard InChI is InChI=1S/C9H16N2O/c1-10-9(12)5-8-11-6-3-2-4-7-11/h2-3H,4-8H2,1H3,(H,10,12). The Kier molecular flexibility index (Phi) is 3.80. The molecule has 0 saturated carbocycles. The minimum absolute atomic E-state index is 0.129. The van der Waals surface area contributed by atoms with Crippen molar-refractivity contribution in [2.45, 2.75) is 12.8 Å². The van der Waals surface area contributed by atoms with Crippen molar-refractivity contribution in [3.63, 3.8) is 0 Å². The quantitative estimate of drug-likeness (QED) is 0.618. The predicted molar refractivity (Wildman–Crippen MR) is 48.9 cm³/mol. The van der Waals surface area contributed by atoms with Gasteiger partial charge in [0.1, 0.15) is 0 Å². The Morgan fingerprint density at radius 1 is 1.58 bits per heavy atom. The summed E-state index contributed by atoms with van der Waals surface area (Å²) in [5.41, 5.74) is 0. The topological polar surface area (TPSA) is 32.3 Å². The van der Waals surface area contributed by atoms with Crippen LogP contribution in [0.2, 0.25) is 0 Å². The Balaban J connectivity index is 2.14. The minimum atomic E-state index is 0.129. The second kappa shape index (κ2) is 4.93. The Morgan fingerprint density at radius 3 is 3.00 bits per heavy atom. The van der Waals surface area contributed by atoms with Crippen LogP contribution in [-0.2, 0) is 4.79 Å². The number of rotatable bonds is 3. The molecule has 0 aliphatic carbocycles. The highest BCUT2D eigenvalue weighted by atomic mass is 16.1. The third-order valence-corrected chi connectivity index (χ3v) is 2.08. The fourth-order valence-electron chi connectivity index (χ4n) is 1.28. The monoisotopic (exact) mass is 168 g/mol. The van der Waals surface area contributed by atoms with E-state index in [9.17, 15) is 4.79 Å². The number of nitrogens with one attached hydrogen (secondary N) is 1. The summed E-state index contributed by atoms with van der Waals surface area (Å²) in [5.74, 6) is 0.129. The normalized spacial score (nSPS) is 17.8. The van der Waals surface area contributed by atoms with Crippen molar-refractivity contribution < 1.29 is 4.79 Å². The number of nitrogens with zero attached hydrogens (tertiary/aromatic N) is 1. The Bertz CT molecular complexity index is 177. The average molecular weight is 168 g/mol. The van der Waals surface area contributed by atoms with Crippen molar-refractivity contribution in [1.29, 1.82) is 0 Å². The van der Waals surface area contributed by atoms with E-state index in [4.69, 9.17) is 0 Å². The Morgan fingerprint density at radius 2 is 2.42 bits per heavy atom. The highest BCUT2D eigenvalue weighted by Gasteiger charge is 2.07. The van der Waals surface area contributed by atoms with E-state index in [0.29, 0.717) is 6.42 Å². The summed E-state index contributed by atoms with van der Waals surface area (Å²) < 4.78 is 0. The van der Waals surface area contributed by atoms with Crippen molar-refractivity contribution in [3.05, 3.63) is 12.2 Å². The van der Waals surface area contributed by atoms with Gasteiger partial charge < -0.3 is 5.32 Å². The molecule has 0 fully saturated rings. The smallest absolute Gasteiger partial charge is 0.221 e. The van der Waals surface area contributed by atoms with E-state index in [1.54, 1.807) is 7.05 Å². The molecule has 0 atom stereocenters. The largest absolute Gasteiger partial charge is 0.359 e. The average Bonchev–Trinajstić information content (AvgIpc) is 2.16. The highest BCUT2D eigenvalue weighted by molar-refractivity contribution is 5.75. The lowest BCUT2D eigenvalue weighted by molar-refractivity contribution is -0.120. The van der Waals surface area contributed by atoms with Crippen LogP contribution in [0.3, 0.4) is 0 Å². The molecule has 1 aliphatic rings. The minimum Gasteiger partial charge on any atom is -0.359 e. The van der Waals surface area contributed by atoms with Gasteiger partial charge >= 0.3 is 0 Å². The SMILES string of the molecule is CNC(=O)CCN1CC=CCC1. The van der Waals surface area contributed by atoms with E-state index < -0.39 is 0 Å². The third kappa shape index (κ3) is 3.05. The number of hydrogen-bond acceptors (Lipinski definition) is 2. The van der Waals surface area contributed by atoms with Gasteiger partial charge in [-0.25, -0.2) is 0 Å². The van der Waals surface area contributed by atoms with E-state index in [-0.39, 0.29) is 5.91 Å². The summed E-state index contributed by atoms with van der Waals surface area (Å²) in [6.45, 7) is 2.97. The van der Waals surface area contributed by atoms with Crippen molar-refractivity contribution >= 4 is 5.91 Å². The van der Waals surface area contributed by atoms with Crippen LogP contribution < -0.4 is 5.32 Å². The zero-order valence-corrected chi connectivity index (χ0v) is 7.55. The summed E-state index contributed by atoms with van der Waals surface area (Å²) in [7, 11) is 1.68. The summed E-state index contributed by atoms with van der Waals surface area (Å²) >= 11 is 0. The summed E-state index contributed by atoms with van der Waals surface area (Å²) in [4.78, 5) is 13.2. The maximum atomic E-state index is 10.9. The second-order valence-corrected chi connectivity index (χ2v) is 2.98. The molecule has 3 heteroatoms. The lowest BCUT2D eigenvalue weighted by Crippen LogP contribution is -2.31. The van der Waals surface area contributed by atoms with Gasteiger partial charge in [-0.1, -0.05) is 12.2 Å². The first-order chi connectivity index (χ1) is 5.83. The van der Waals surface area contributed by atoms with E-state index in [2.05, 4.69) is 22.4 Å². The van der Waals surface area contributed by atoms with Crippen LogP contribution in [0.15, 0.2) is 12.2 Å². The molecule has 12 heavy (non-hydrogen) atoms. The van der Waals surface area contributed by atoms with E-state index in [0.717, 1.165) is 26.1 Å². The predicted octanol–water partition coefficient (Wildman–Crippen LogP) is 0.384. The van der Waals surface area contributed by atoms with Gasteiger partial charge in [0.15, 0.2) is 0 Å². The number of amides is 1. The number of carbonyl (C=O) groups excluding carboxylic acids is 1. The molecule has 0 radical (unpaired) electrons. The molecule has 0 spiro atoms. The van der Waals surface area contributed by atoms with Gasteiger partial charge in [0, 0.05) is 33.1 Å². The van der Waals surface area contributed by atoms with Gasteiger partial charge in [0.25, 0.3) is 0 Å². The van der Waals surface area contributed by atoms with Gasteiger partial charge in [-0.05, 0) is 6.42 Å². The maximum Gasteiger partial charge on any atom is 0.221 e. The van der Waals surface area contributed by atoms with Gasteiger partial charge in [-0.3, -0.25) is 9.69 Å². The molecule has 3 nitrogen and oxygen atoms in total. The summed E-state index contributed by atoms with van der Waals surface area (Å²) in [6.07, 6.45) is 6.09. The van der Waals surface area contributed by atoms with Crippen LogP contribution in [0.1, 0.15) is 12.8 Å². The molecule has 0 unspecified atom stereocenters. The molecule has 1 N–H and O–H groups in total. The highest BCUT2D eigenvalue weighted by Crippen LogP contribution is 2.01. The third-order valence-electron chi connectivity index (χ3n) is 2.08. The Hall–Kier alpha value is -0.830. The summed E-state index contributed by atoms with van der Waals surface area (Å²) in [6, 6.07) is 0. The molecule has 1 aliphatic heterocycles. The number of hydrogen-bond donors (Lipinski definition) is 1. The van der Waals surface area contributed by atoms with E-state index in [1.807, 2.05) is 0 Å². The molecule has 0 saturated heterocycles. The first-order valence-electron chi connectivity index (χ1n) is 4.41. The zero-order valence-electron chi connectivity index (χ0n) is 7.55. The molecular weight excluding hydrogens is 152 g/mol. The fourth-order valence-corrected chi connectivity index (χ4v) is 1.28. The van der Waals surface area contributed by atoms with Crippen molar-refractivity contribution in [1.82, 2.24) is 10.2 Å². The zero-order chi connectivity index (χ0) is 8.81. The molecule has 1 rings (SSSR count). The molecule has 0 aromatic carbocycles. The van der Waals surface area contributed by atoms with Crippen molar-refractivity contribution in [3.8, 4) is 0 Å². The summed E-state index contributed by atoms with van der Waals surface area (Å²) in [5, 5.41) is 2.62. The van der Waals surface area contributed by atoms with Crippen LogP contribution in [0.5, 0.6) is 0 Å². The first-order valence-corrected chi connectivity index (χ1v) is 4.41. The van der Waals surface area contributed by atoms with Gasteiger partial charge in [0.2, 0.25) is 5.91 Å². The van der Waals surface area contributed by atoms with Crippen LogP contribution in [0.25, 0.3) is 0 Å². The molecule has 68 valence electrons. The van der Waals surface area contributed by atoms with Crippen LogP contribution in [0.4, 0.5) is 0 Å². The van der Waals surface area contributed by atoms with Crippen LogP contribution in [0, 0.1) is 0 Å². The van der Waals surface area contributed by atoms with Crippen LogP contribution >= 0.6 is 0 Å². The van der Waals surface area contributed by atoms with Gasteiger partial charge in [-0.15, -0.1) is 0 Å². The van der Waals surface area contributed by atoms with Gasteiger partial charge in [-0.2, -0.15) is 0 Å². The molecular formula is C9H16N2O. The van der Waals surface area contributed by atoms with Crippen molar-refractivity contribution in [2.24, 2.45) is 0 Å². The fraction of sp³-hybridized carbons (Fsp3) is 0.667. The first kappa shape index (κ1) is 9.26. The molecule has 0 aromatic heterocycles. The van der Waals surface area contributed by atoms with Gasteiger partial charge in [0.05, 0.1) is 0 Å². The molecule has 1 amide bonds. The maximum absolute atomic E-state index is 10.9. The second-order valence-electron chi connectivity index (χ2n) is 2.98. The number of carbonyl (C=O) groups is 1. The Labute approximate surface area is 73.4 Å².